The number of hydrogen-bond donors (Lipinski definition) is 1. The van der Waals surface area contributed by atoms with E-state index in [0.29, 0.717) is 12.8 Å². The lowest BCUT2D eigenvalue weighted by Gasteiger charge is -2.22. The van der Waals surface area contributed by atoms with Crippen LogP contribution in [0.4, 0.5) is 0 Å². The van der Waals surface area contributed by atoms with E-state index in [4.69, 9.17) is 9.39 Å². The maximum absolute atomic E-state index is 11.6. The van der Waals surface area contributed by atoms with Crippen molar-refractivity contribution in [1.82, 2.24) is 0 Å². The molecule has 0 spiro atoms. The molecule has 3 rings (SSSR count). The number of carbonyl (C=O) groups is 1. The van der Waals surface area contributed by atoms with Crippen molar-refractivity contribution >= 4 is 30.6 Å². The standard InChI is InChI=1S/C18H25BO4P2/c20-13(7-6-12-4-2-1-3-5-12)8-9-14-15-10-18(21)22-16(15)11-17(14)23-19(24)25/h1-5,8-9,13-17,20H,6-7,10-11,24-25H2/t13-,14+,15+,16-,17+/m0/s1. The third-order valence-corrected chi connectivity index (χ3v) is 5.32. The van der Waals surface area contributed by atoms with Gasteiger partial charge in [0.2, 0.25) is 0 Å². The van der Waals surface area contributed by atoms with Crippen LogP contribution in [-0.2, 0) is 20.6 Å². The van der Waals surface area contributed by atoms with Crippen LogP contribution in [0.3, 0.4) is 0 Å². The number of aliphatic hydroxyl groups is 1. The Morgan fingerprint density at radius 2 is 2.12 bits per heavy atom. The molecule has 2 aliphatic rings. The smallest absolute Gasteiger partial charge is 0.336 e. The van der Waals surface area contributed by atoms with Crippen molar-refractivity contribution in [3.05, 3.63) is 48.0 Å². The molecule has 7 atom stereocenters. The van der Waals surface area contributed by atoms with Gasteiger partial charge in [-0.15, -0.1) is 18.2 Å². The van der Waals surface area contributed by atoms with Crippen LogP contribution < -0.4 is 0 Å². The monoisotopic (exact) mass is 378 g/mol. The van der Waals surface area contributed by atoms with Gasteiger partial charge in [-0.05, 0) is 18.4 Å². The summed E-state index contributed by atoms with van der Waals surface area (Å²) in [5.41, 5.74) is 1.22. The summed E-state index contributed by atoms with van der Waals surface area (Å²) < 4.78 is 11.4. The quantitative estimate of drug-likeness (QED) is 0.343. The van der Waals surface area contributed by atoms with Gasteiger partial charge in [-0.1, -0.05) is 42.5 Å². The Morgan fingerprint density at radius 3 is 2.84 bits per heavy atom. The second-order valence-electron chi connectivity index (χ2n) is 6.83. The lowest BCUT2D eigenvalue weighted by atomic mass is 9.91. The third kappa shape index (κ3) is 5.14. The number of rotatable bonds is 7. The first-order valence-electron chi connectivity index (χ1n) is 8.79. The van der Waals surface area contributed by atoms with E-state index in [2.05, 4.69) is 30.4 Å². The van der Waals surface area contributed by atoms with Crippen LogP contribution in [0.2, 0.25) is 0 Å². The Balaban J connectivity index is 1.59. The number of benzene rings is 1. The Kier molecular flexibility index (Phi) is 6.69. The minimum absolute atomic E-state index is 0.0145. The molecule has 1 aliphatic carbocycles. The van der Waals surface area contributed by atoms with E-state index >= 15 is 0 Å². The van der Waals surface area contributed by atoms with Gasteiger partial charge in [0.25, 0.3) is 0 Å². The highest BCUT2D eigenvalue weighted by Gasteiger charge is 2.49. The topological polar surface area (TPSA) is 55.8 Å². The fourth-order valence-corrected chi connectivity index (χ4v) is 4.23. The molecule has 1 saturated carbocycles. The molecule has 4 nitrogen and oxygen atoms in total. The normalized spacial score (nSPS) is 29.6. The average molecular weight is 378 g/mol. The molecule has 0 radical (unpaired) electrons. The lowest BCUT2D eigenvalue weighted by molar-refractivity contribution is -0.141. The van der Waals surface area contributed by atoms with E-state index in [9.17, 15) is 9.90 Å². The summed E-state index contributed by atoms with van der Waals surface area (Å²) in [6.45, 7) is 0. The highest BCUT2D eigenvalue weighted by molar-refractivity contribution is 7.92. The molecule has 7 heteroatoms. The molecular formula is C18H25BO4P2. The Labute approximate surface area is 154 Å². The number of ether oxygens (including phenoxy) is 1. The molecule has 1 heterocycles. The summed E-state index contributed by atoms with van der Waals surface area (Å²) in [5, 5.41) is 10.3. The summed E-state index contributed by atoms with van der Waals surface area (Å²) in [6, 6.07) is 10.2. The van der Waals surface area contributed by atoms with Gasteiger partial charge in [0, 0.05) is 18.3 Å². The molecule has 1 aromatic rings. The second kappa shape index (κ2) is 8.78. The summed E-state index contributed by atoms with van der Waals surface area (Å²) in [6.07, 6.45) is 6.01. The molecule has 1 aromatic carbocycles. The van der Waals surface area contributed by atoms with Crippen molar-refractivity contribution in [3.63, 3.8) is 0 Å². The first-order chi connectivity index (χ1) is 12.0. The predicted molar refractivity (Wildman–Crippen MR) is 106 cm³/mol. The number of aliphatic hydroxyl groups excluding tert-OH is 1. The zero-order valence-corrected chi connectivity index (χ0v) is 16.5. The average Bonchev–Trinajstić information content (AvgIpc) is 3.07. The number of aryl methyl sites for hydroxylation is 1. The Morgan fingerprint density at radius 1 is 1.36 bits per heavy atom. The van der Waals surface area contributed by atoms with Gasteiger partial charge in [-0.2, -0.15) is 0 Å². The van der Waals surface area contributed by atoms with Crippen LogP contribution in [0.15, 0.2) is 42.5 Å². The molecular weight excluding hydrogens is 353 g/mol. The Bertz CT molecular complexity index is 610. The maximum atomic E-state index is 11.6. The van der Waals surface area contributed by atoms with Gasteiger partial charge in [0.05, 0.1) is 18.6 Å². The van der Waals surface area contributed by atoms with Crippen LogP contribution in [0.1, 0.15) is 24.8 Å². The van der Waals surface area contributed by atoms with E-state index in [0.717, 1.165) is 12.8 Å². The van der Waals surface area contributed by atoms with Gasteiger partial charge < -0.3 is 14.5 Å². The highest BCUT2D eigenvalue weighted by atomic mass is 31.1. The van der Waals surface area contributed by atoms with Crippen molar-refractivity contribution < 1.29 is 19.3 Å². The van der Waals surface area contributed by atoms with Crippen molar-refractivity contribution in [3.8, 4) is 0 Å². The van der Waals surface area contributed by atoms with E-state index < -0.39 is 6.10 Å². The number of hydrogen-bond acceptors (Lipinski definition) is 4. The molecule has 0 amide bonds. The minimum atomic E-state index is -0.499. The van der Waals surface area contributed by atoms with Crippen LogP contribution in [0.5, 0.6) is 0 Å². The highest BCUT2D eigenvalue weighted by Crippen LogP contribution is 2.44. The summed E-state index contributed by atoms with van der Waals surface area (Å²) in [4.78, 5) is 11.6. The van der Waals surface area contributed by atoms with Crippen LogP contribution >= 0.6 is 18.2 Å². The van der Waals surface area contributed by atoms with Crippen molar-refractivity contribution in [2.24, 2.45) is 11.8 Å². The van der Waals surface area contributed by atoms with E-state index in [1.807, 2.05) is 30.4 Å². The SMILES string of the molecule is O=C1C[C@@H]2[C@@H](C=C[C@@H](O)CCc3ccccc3)[C@H](OB(P)P)C[C@@H]2O1. The summed E-state index contributed by atoms with van der Waals surface area (Å²) >= 11 is 0. The van der Waals surface area contributed by atoms with Gasteiger partial charge in [0.15, 0.2) is 0 Å². The number of carbonyl (C=O) groups excluding carboxylic acids is 1. The molecule has 1 N–H and O–H groups in total. The fourth-order valence-electron chi connectivity index (χ4n) is 3.82. The van der Waals surface area contributed by atoms with E-state index in [1.54, 1.807) is 0 Å². The zero-order valence-electron chi connectivity index (χ0n) is 14.2. The molecule has 1 saturated heterocycles. The second-order valence-corrected chi connectivity index (χ2v) is 8.91. The maximum Gasteiger partial charge on any atom is 0.336 e. The first-order valence-corrected chi connectivity index (χ1v) is 10.1. The molecule has 134 valence electrons. The molecule has 0 bridgehead atoms. The van der Waals surface area contributed by atoms with E-state index in [1.165, 1.54) is 5.56 Å². The number of fused-ring (bicyclic) bond motifs is 1. The molecule has 2 unspecified atom stereocenters. The van der Waals surface area contributed by atoms with Gasteiger partial charge in [-0.3, -0.25) is 4.79 Å². The van der Waals surface area contributed by atoms with Gasteiger partial charge >= 0.3 is 12.3 Å². The first kappa shape index (κ1) is 19.0. The molecule has 25 heavy (non-hydrogen) atoms. The minimum Gasteiger partial charge on any atom is -0.462 e. The van der Waals surface area contributed by atoms with Crippen LogP contribution in [-0.4, -0.2) is 35.7 Å². The third-order valence-electron chi connectivity index (χ3n) is 5.01. The van der Waals surface area contributed by atoms with Crippen molar-refractivity contribution in [2.45, 2.75) is 44.0 Å². The largest absolute Gasteiger partial charge is 0.462 e. The lowest BCUT2D eigenvalue weighted by Crippen LogP contribution is -2.24. The summed E-state index contributed by atoms with van der Waals surface area (Å²) in [5.74, 6) is 0.139. The van der Waals surface area contributed by atoms with Crippen LogP contribution in [0.25, 0.3) is 0 Å². The Hall–Kier alpha value is -0.725. The molecule has 1 aliphatic heterocycles. The van der Waals surface area contributed by atoms with Gasteiger partial charge in [0.1, 0.15) is 6.10 Å². The fraction of sp³-hybridized carbons (Fsp3) is 0.500. The van der Waals surface area contributed by atoms with Gasteiger partial charge in [-0.25, -0.2) is 0 Å². The molecule has 0 aromatic heterocycles. The van der Waals surface area contributed by atoms with Crippen LogP contribution in [0, 0.1) is 11.8 Å². The zero-order chi connectivity index (χ0) is 17.8. The number of esters is 1. The van der Waals surface area contributed by atoms with E-state index in [-0.39, 0.29) is 36.4 Å². The molecule has 2 fully saturated rings. The van der Waals surface area contributed by atoms with Crippen molar-refractivity contribution in [1.29, 1.82) is 0 Å². The van der Waals surface area contributed by atoms with Crippen molar-refractivity contribution in [2.75, 3.05) is 0 Å². The predicted octanol–water partition coefficient (Wildman–Crippen LogP) is 2.61. The summed E-state index contributed by atoms with van der Waals surface area (Å²) in [7, 11) is 5.22.